The maximum atomic E-state index is 10.9. The molecule has 0 radical (unpaired) electrons. The second-order valence-corrected chi connectivity index (χ2v) is 5.79. The first-order valence-electron chi connectivity index (χ1n) is 6.59. The highest BCUT2D eigenvalue weighted by Crippen LogP contribution is 2.39. The zero-order chi connectivity index (χ0) is 12.9. The Balaban J connectivity index is 1.87. The highest BCUT2D eigenvalue weighted by Gasteiger charge is 2.47. The molecule has 0 spiro atoms. The Labute approximate surface area is 107 Å². The lowest BCUT2D eigenvalue weighted by atomic mass is 9.81. The van der Waals surface area contributed by atoms with E-state index in [2.05, 4.69) is 15.5 Å². The van der Waals surface area contributed by atoms with Gasteiger partial charge in [-0.2, -0.15) is 0 Å². The number of nitrogens with two attached hydrogens (primary N) is 1. The van der Waals surface area contributed by atoms with Crippen LogP contribution in [0.3, 0.4) is 0 Å². The number of rotatable bonds is 2. The van der Waals surface area contributed by atoms with Crippen molar-refractivity contribution in [2.45, 2.75) is 56.3 Å². The quantitative estimate of drug-likeness (QED) is 0.675. The molecule has 2 bridgehead atoms. The van der Waals surface area contributed by atoms with E-state index in [9.17, 15) is 5.11 Å². The van der Waals surface area contributed by atoms with Gasteiger partial charge < -0.3 is 20.7 Å². The lowest BCUT2D eigenvalue weighted by Crippen LogP contribution is -2.54. The van der Waals surface area contributed by atoms with E-state index in [4.69, 9.17) is 5.73 Å². The first-order chi connectivity index (χ1) is 8.49. The van der Waals surface area contributed by atoms with Gasteiger partial charge in [-0.05, 0) is 32.6 Å². The van der Waals surface area contributed by atoms with Gasteiger partial charge in [0.05, 0.1) is 11.6 Å². The van der Waals surface area contributed by atoms with E-state index in [1.165, 1.54) is 0 Å². The van der Waals surface area contributed by atoms with E-state index in [1.54, 1.807) is 0 Å². The predicted molar refractivity (Wildman–Crippen MR) is 66.8 cm³/mol. The molecule has 6 nitrogen and oxygen atoms in total. The smallest absolute Gasteiger partial charge is 0.152 e. The number of aryl methyl sites for hydroxylation is 1. The van der Waals surface area contributed by atoms with Gasteiger partial charge >= 0.3 is 0 Å². The van der Waals surface area contributed by atoms with Gasteiger partial charge in [-0.1, -0.05) is 0 Å². The lowest BCUT2D eigenvalue weighted by Gasteiger charge is -2.40. The van der Waals surface area contributed by atoms with Crippen LogP contribution in [0.15, 0.2) is 0 Å². The third-order valence-electron chi connectivity index (χ3n) is 4.52. The molecule has 2 fully saturated rings. The highest BCUT2D eigenvalue weighted by atomic mass is 16.3. The number of aromatic nitrogens is 3. The largest absolute Gasteiger partial charge is 0.388 e. The topological polar surface area (TPSA) is 89.0 Å². The van der Waals surface area contributed by atoms with Crippen LogP contribution >= 0.6 is 0 Å². The Morgan fingerprint density at radius 2 is 2.00 bits per heavy atom. The summed E-state index contributed by atoms with van der Waals surface area (Å²) in [6, 6.07) is 0.331. The molecule has 0 aliphatic carbocycles. The molecule has 3 heterocycles. The molecule has 2 aliphatic rings. The van der Waals surface area contributed by atoms with Crippen molar-refractivity contribution in [1.29, 1.82) is 0 Å². The molecular weight excluding hydrogens is 230 g/mol. The minimum absolute atomic E-state index is 0.397. The number of aliphatic hydroxyl groups is 1. The maximum Gasteiger partial charge on any atom is 0.152 e. The summed E-state index contributed by atoms with van der Waals surface area (Å²) in [6.45, 7) is 1.89. The Morgan fingerprint density at radius 1 is 1.39 bits per heavy atom. The van der Waals surface area contributed by atoms with Crippen molar-refractivity contribution < 1.29 is 5.11 Å². The first kappa shape index (κ1) is 12.1. The number of hydrogen-bond acceptors (Lipinski definition) is 5. The molecule has 2 aliphatic heterocycles. The van der Waals surface area contributed by atoms with Gasteiger partial charge in [0.1, 0.15) is 5.82 Å². The first-order valence-corrected chi connectivity index (χ1v) is 6.59. The van der Waals surface area contributed by atoms with Gasteiger partial charge in [-0.15, -0.1) is 10.2 Å². The fourth-order valence-electron chi connectivity index (χ4n) is 3.35. The van der Waals surface area contributed by atoms with Gasteiger partial charge in [0.15, 0.2) is 5.82 Å². The molecule has 3 rings (SSSR count). The van der Waals surface area contributed by atoms with Gasteiger partial charge in [0.2, 0.25) is 0 Å². The molecule has 0 amide bonds. The number of piperidine rings is 1. The molecule has 3 unspecified atom stereocenters. The molecule has 1 aromatic rings. The average molecular weight is 251 g/mol. The van der Waals surface area contributed by atoms with Crippen molar-refractivity contribution in [2.24, 2.45) is 12.8 Å². The van der Waals surface area contributed by atoms with Crippen LogP contribution in [-0.4, -0.2) is 37.6 Å². The van der Waals surface area contributed by atoms with Gasteiger partial charge in [0, 0.05) is 19.1 Å². The minimum Gasteiger partial charge on any atom is -0.388 e. The second-order valence-electron chi connectivity index (χ2n) is 5.79. The molecule has 0 saturated carbocycles. The van der Waals surface area contributed by atoms with Crippen molar-refractivity contribution in [3.05, 3.63) is 11.6 Å². The zero-order valence-electron chi connectivity index (χ0n) is 10.9. The third kappa shape index (κ3) is 1.75. The molecule has 100 valence electrons. The summed E-state index contributed by atoms with van der Waals surface area (Å²) in [5, 5.41) is 22.5. The van der Waals surface area contributed by atoms with E-state index in [0.717, 1.165) is 18.7 Å². The normalized spacial score (nSPS) is 36.9. The van der Waals surface area contributed by atoms with Gasteiger partial charge in [0.25, 0.3) is 0 Å². The molecule has 1 aromatic heterocycles. The summed E-state index contributed by atoms with van der Waals surface area (Å²) in [7, 11) is 1.89. The Morgan fingerprint density at radius 3 is 2.50 bits per heavy atom. The number of hydrogen-bond donors (Lipinski definition) is 3. The molecule has 6 heteroatoms. The second kappa shape index (κ2) is 4.01. The summed E-state index contributed by atoms with van der Waals surface area (Å²) < 4.78 is 1.87. The summed E-state index contributed by atoms with van der Waals surface area (Å²) in [4.78, 5) is 0. The maximum absolute atomic E-state index is 10.9. The van der Waals surface area contributed by atoms with Crippen LogP contribution in [0.25, 0.3) is 0 Å². The fraction of sp³-hybridized carbons (Fsp3) is 0.833. The van der Waals surface area contributed by atoms with Crippen LogP contribution in [0, 0.1) is 6.92 Å². The summed E-state index contributed by atoms with van der Waals surface area (Å²) in [6.07, 6.45) is 3.68. The SMILES string of the molecule is Cc1nnc(C(N)C2(O)CC3CCC(C2)N3)n1C. The molecule has 0 aromatic carbocycles. The molecular formula is C12H21N5O. The summed E-state index contributed by atoms with van der Waals surface area (Å²) in [5.74, 6) is 1.50. The molecule has 4 N–H and O–H groups in total. The van der Waals surface area contributed by atoms with Crippen LogP contribution in [-0.2, 0) is 7.05 Å². The standard InChI is InChI=1S/C12H21N5O/c1-7-15-16-11(17(7)2)10(13)12(18)5-8-3-4-9(6-12)14-8/h8-10,14,18H,3-6,13H2,1-2H3. The molecule has 18 heavy (non-hydrogen) atoms. The van der Waals surface area contributed by atoms with Crippen LogP contribution in [0.5, 0.6) is 0 Å². The number of fused-ring (bicyclic) bond motifs is 2. The third-order valence-corrected chi connectivity index (χ3v) is 4.52. The number of nitrogens with one attached hydrogen (secondary N) is 1. The fourth-order valence-corrected chi connectivity index (χ4v) is 3.35. The molecule has 3 atom stereocenters. The van der Waals surface area contributed by atoms with Crippen LogP contribution in [0.2, 0.25) is 0 Å². The average Bonchev–Trinajstić information content (AvgIpc) is 2.83. The van der Waals surface area contributed by atoms with E-state index >= 15 is 0 Å². The summed E-state index contributed by atoms with van der Waals surface area (Å²) in [5.41, 5.74) is 5.41. The summed E-state index contributed by atoms with van der Waals surface area (Å²) >= 11 is 0. The van der Waals surface area contributed by atoms with Crippen molar-refractivity contribution in [1.82, 2.24) is 20.1 Å². The van der Waals surface area contributed by atoms with Crippen molar-refractivity contribution in [3.8, 4) is 0 Å². The van der Waals surface area contributed by atoms with E-state index in [-0.39, 0.29) is 0 Å². The van der Waals surface area contributed by atoms with E-state index in [0.29, 0.717) is 30.7 Å². The lowest BCUT2D eigenvalue weighted by molar-refractivity contribution is -0.0326. The van der Waals surface area contributed by atoms with E-state index < -0.39 is 11.6 Å². The van der Waals surface area contributed by atoms with Crippen molar-refractivity contribution in [3.63, 3.8) is 0 Å². The highest BCUT2D eigenvalue weighted by molar-refractivity contribution is 5.11. The van der Waals surface area contributed by atoms with Crippen LogP contribution in [0.4, 0.5) is 0 Å². The number of nitrogens with zero attached hydrogens (tertiary/aromatic N) is 3. The Bertz CT molecular complexity index is 445. The van der Waals surface area contributed by atoms with Crippen LogP contribution < -0.4 is 11.1 Å². The Kier molecular flexibility index (Phi) is 2.69. The van der Waals surface area contributed by atoms with Gasteiger partial charge in [-0.3, -0.25) is 0 Å². The zero-order valence-corrected chi connectivity index (χ0v) is 10.9. The monoisotopic (exact) mass is 251 g/mol. The molecule has 2 saturated heterocycles. The van der Waals surface area contributed by atoms with Gasteiger partial charge in [-0.25, -0.2) is 0 Å². The van der Waals surface area contributed by atoms with Crippen molar-refractivity contribution >= 4 is 0 Å². The Hall–Kier alpha value is -0.980. The minimum atomic E-state index is -0.857. The van der Waals surface area contributed by atoms with Crippen molar-refractivity contribution in [2.75, 3.05) is 0 Å². The van der Waals surface area contributed by atoms with Crippen LogP contribution in [0.1, 0.15) is 43.4 Å². The van der Waals surface area contributed by atoms with E-state index in [1.807, 2.05) is 18.5 Å². The predicted octanol–water partition coefficient (Wildman–Crippen LogP) is -0.231.